The van der Waals surface area contributed by atoms with E-state index < -0.39 is 0 Å². The standard InChI is InChI=1S/C12H22BrNO/c1-3-9-7-5-6-8-11(9)14-12(15)10(13)4-2/h9-11H,3-8H2,1-2H3,(H,14,15). The lowest BCUT2D eigenvalue weighted by Crippen LogP contribution is -2.44. The number of rotatable bonds is 4. The van der Waals surface area contributed by atoms with E-state index in [9.17, 15) is 4.79 Å². The van der Waals surface area contributed by atoms with Gasteiger partial charge in [-0.15, -0.1) is 0 Å². The van der Waals surface area contributed by atoms with E-state index in [2.05, 4.69) is 28.2 Å². The first-order valence-electron chi connectivity index (χ1n) is 6.13. The van der Waals surface area contributed by atoms with Crippen molar-refractivity contribution in [2.45, 2.75) is 63.2 Å². The minimum atomic E-state index is -0.0167. The van der Waals surface area contributed by atoms with Crippen molar-refractivity contribution in [2.75, 3.05) is 0 Å². The molecule has 0 spiro atoms. The minimum Gasteiger partial charge on any atom is -0.352 e. The normalized spacial score (nSPS) is 28.5. The molecule has 0 saturated heterocycles. The highest BCUT2D eigenvalue weighted by molar-refractivity contribution is 9.10. The zero-order chi connectivity index (χ0) is 11.3. The first-order chi connectivity index (χ1) is 7.19. The maximum Gasteiger partial charge on any atom is 0.233 e. The van der Waals surface area contributed by atoms with Crippen molar-refractivity contribution < 1.29 is 4.79 Å². The van der Waals surface area contributed by atoms with Crippen LogP contribution in [0.1, 0.15) is 52.4 Å². The van der Waals surface area contributed by atoms with Crippen molar-refractivity contribution >= 4 is 21.8 Å². The molecule has 0 aromatic carbocycles. The molecule has 0 heterocycles. The summed E-state index contributed by atoms with van der Waals surface area (Å²) in [5.41, 5.74) is 0. The monoisotopic (exact) mass is 275 g/mol. The Morgan fingerprint density at radius 1 is 1.40 bits per heavy atom. The Labute approximate surface area is 101 Å². The van der Waals surface area contributed by atoms with Gasteiger partial charge in [0.15, 0.2) is 0 Å². The molecule has 1 aliphatic carbocycles. The van der Waals surface area contributed by atoms with Crippen LogP contribution in [0.25, 0.3) is 0 Å². The summed E-state index contributed by atoms with van der Waals surface area (Å²) >= 11 is 3.40. The van der Waals surface area contributed by atoms with E-state index in [1.807, 2.05) is 6.92 Å². The van der Waals surface area contributed by atoms with Crippen LogP contribution in [0.3, 0.4) is 0 Å². The largest absolute Gasteiger partial charge is 0.352 e. The van der Waals surface area contributed by atoms with Crippen molar-refractivity contribution in [3.63, 3.8) is 0 Å². The van der Waals surface area contributed by atoms with Crippen molar-refractivity contribution in [1.82, 2.24) is 5.32 Å². The minimum absolute atomic E-state index is 0.0167. The molecule has 15 heavy (non-hydrogen) atoms. The van der Waals surface area contributed by atoms with Gasteiger partial charge < -0.3 is 5.32 Å². The second kappa shape index (κ2) is 6.51. The number of alkyl halides is 1. The van der Waals surface area contributed by atoms with Gasteiger partial charge >= 0.3 is 0 Å². The summed E-state index contributed by atoms with van der Waals surface area (Å²) in [6.45, 7) is 4.25. The molecule has 1 amide bonds. The van der Waals surface area contributed by atoms with E-state index in [1.54, 1.807) is 0 Å². The van der Waals surface area contributed by atoms with Crippen LogP contribution >= 0.6 is 15.9 Å². The third-order valence-corrected chi connectivity index (χ3v) is 4.47. The van der Waals surface area contributed by atoms with Gasteiger partial charge in [0.2, 0.25) is 5.91 Å². The number of amides is 1. The van der Waals surface area contributed by atoms with E-state index >= 15 is 0 Å². The Morgan fingerprint density at radius 2 is 2.07 bits per heavy atom. The summed E-state index contributed by atoms with van der Waals surface area (Å²) in [7, 11) is 0. The molecule has 1 rings (SSSR count). The predicted octanol–water partition coefficient (Wildman–Crippen LogP) is 3.24. The summed E-state index contributed by atoms with van der Waals surface area (Å²) in [6.07, 6.45) is 7.07. The molecule has 3 atom stereocenters. The molecule has 1 aliphatic rings. The van der Waals surface area contributed by atoms with Crippen LogP contribution in [0.2, 0.25) is 0 Å². The Bertz CT molecular complexity index is 208. The van der Waals surface area contributed by atoms with E-state index in [0.717, 1.165) is 12.8 Å². The summed E-state index contributed by atoms with van der Waals surface area (Å²) in [6, 6.07) is 0.419. The second-order valence-corrected chi connectivity index (χ2v) is 5.55. The fraction of sp³-hybridized carbons (Fsp3) is 0.917. The predicted molar refractivity (Wildman–Crippen MR) is 67.2 cm³/mol. The van der Waals surface area contributed by atoms with Crippen LogP contribution in [0.15, 0.2) is 0 Å². The first-order valence-corrected chi connectivity index (χ1v) is 7.05. The highest BCUT2D eigenvalue weighted by atomic mass is 79.9. The maximum absolute atomic E-state index is 11.7. The van der Waals surface area contributed by atoms with Crippen molar-refractivity contribution in [3.05, 3.63) is 0 Å². The van der Waals surface area contributed by atoms with Gasteiger partial charge in [0.05, 0.1) is 4.83 Å². The highest BCUT2D eigenvalue weighted by Gasteiger charge is 2.26. The van der Waals surface area contributed by atoms with Gasteiger partial charge in [0, 0.05) is 6.04 Å². The van der Waals surface area contributed by atoms with E-state index in [-0.39, 0.29) is 10.7 Å². The lowest BCUT2D eigenvalue weighted by atomic mass is 9.83. The Kier molecular flexibility index (Phi) is 5.65. The third-order valence-electron chi connectivity index (χ3n) is 3.40. The van der Waals surface area contributed by atoms with Crippen molar-refractivity contribution in [2.24, 2.45) is 5.92 Å². The Morgan fingerprint density at radius 3 is 2.67 bits per heavy atom. The number of carbonyl (C=O) groups excluding carboxylic acids is 1. The zero-order valence-electron chi connectivity index (χ0n) is 9.76. The van der Waals surface area contributed by atoms with Crippen LogP contribution in [-0.4, -0.2) is 16.8 Å². The van der Waals surface area contributed by atoms with Crippen LogP contribution in [-0.2, 0) is 4.79 Å². The fourth-order valence-electron chi connectivity index (χ4n) is 2.34. The van der Waals surface area contributed by atoms with Gasteiger partial charge in [-0.2, -0.15) is 0 Å². The molecule has 0 aromatic rings. The van der Waals surface area contributed by atoms with Gasteiger partial charge in [0.25, 0.3) is 0 Å². The molecule has 0 aromatic heterocycles. The lowest BCUT2D eigenvalue weighted by Gasteiger charge is -2.32. The quantitative estimate of drug-likeness (QED) is 0.785. The SMILES string of the molecule is CCC(Br)C(=O)NC1CCCCC1CC. The summed E-state index contributed by atoms with van der Waals surface area (Å²) < 4.78 is 0. The maximum atomic E-state index is 11.7. The molecule has 0 radical (unpaired) electrons. The topological polar surface area (TPSA) is 29.1 Å². The van der Waals surface area contributed by atoms with Crippen LogP contribution in [0.4, 0.5) is 0 Å². The van der Waals surface area contributed by atoms with Crippen LogP contribution in [0, 0.1) is 5.92 Å². The van der Waals surface area contributed by atoms with Crippen LogP contribution in [0.5, 0.6) is 0 Å². The van der Waals surface area contributed by atoms with Gasteiger partial charge in [-0.3, -0.25) is 4.79 Å². The smallest absolute Gasteiger partial charge is 0.233 e. The molecule has 1 N–H and O–H groups in total. The second-order valence-electron chi connectivity index (χ2n) is 4.44. The molecule has 1 fully saturated rings. The fourth-order valence-corrected chi connectivity index (χ4v) is 2.48. The summed E-state index contributed by atoms with van der Waals surface area (Å²) in [4.78, 5) is 11.7. The van der Waals surface area contributed by atoms with Gasteiger partial charge in [0.1, 0.15) is 0 Å². The number of nitrogens with one attached hydrogen (secondary N) is 1. The van der Waals surface area contributed by atoms with Gasteiger partial charge in [-0.05, 0) is 25.2 Å². The van der Waals surface area contributed by atoms with E-state index in [0.29, 0.717) is 12.0 Å². The average Bonchev–Trinajstić information content (AvgIpc) is 2.28. The molecule has 88 valence electrons. The summed E-state index contributed by atoms with van der Waals surface area (Å²) in [5.74, 6) is 0.863. The zero-order valence-corrected chi connectivity index (χ0v) is 11.3. The molecule has 0 bridgehead atoms. The summed E-state index contributed by atoms with van der Waals surface area (Å²) in [5, 5.41) is 3.18. The molecule has 1 saturated carbocycles. The number of hydrogen-bond donors (Lipinski definition) is 1. The lowest BCUT2D eigenvalue weighted by molar-refractivity contribution is -0.121. The van der Waals surface area contributed by atoms with Crippen molar-refractivity contribution in [3.8, 4) is 0 Å². The van der Waals surface area contributed by atoms with E-state index in [1.165, 1.54) is 25.7 Å². The number of hydrogen-bond acceptors (Lipinski definition) is 1. The molecular formula is C12H22BrNO. The first kappa shape index (κ1) is 13.0. The van der Waals surface area contributed by atoms with E-state index in [4.69, 9.17) is 0 Å². The van der Waals surface area contributed by atoms with Crippen molar-refractivity contribution in [1.29, 1.82) is 0 Å². The third kappa shape index (κ3) is 3.78. The highest BCUT2D eigenvalue weighted by Crippen LogP contribution is 2.27. The molecule has 0 aliphatic heterocycles. The Balaban J connectivity index is 2.44. The number of halogens is 1. The van der Waals surface area contributed by atoms with Gasteiger partial charge in [-0.25, -0.2) is 0 Å². The van der Waals surface area contributed by atoms with Gasteiger partial charge in [-0.1, -0.05) is 49.0 Å². The molecule has 3 heteroatoms. The molecular weight excluding hydrogens is 254 g/mol. The molecule has 2 nitrogen and oxygen atoms in total. The van der Waals surface area contributed by atoms with Crippen LogP contribution < -0.4 is 5.32 Å². The average molecular weight is 276 g/mol. The Hall–Kier alpha value is -0.0500. The molecule has 3 unspecified atom stereocenters. The number of carbonyl (C=O) groups is 1.